The first-order valence-corrected chi connectivity index (χ1v) is 5.36. The van der Waals surface area contributed by atoms with Crippen LogP contribution in [0.4, 0.5) is 0 Å². The maximum atomic E-state index is 11.6. The number of nitrogens with two attached hydrogens (primary N) is 1. The number of nitrogens with zero attached hydrogens (tertiary/aromatic N) is 2. The second-order valence-corrected chi connectivity index (χ2v) is 5.06. The van der Waals surface area contributed by atoms with Crippen LogP contribution in [0.2, 0.25) is 0 Å². The number of carbonyl (C=O) groups is 2. The minimum atomic E-state index is -0.595. The second kappa shape index (κ2) is 4.65. The summed E-state index contributed by atoms with van der Waals surface area (Å²) in [5.74, 6) is -0.798. The van der Waals surface area contributed by atoms with Crippen LogP contribution in [-0.4, -0.2) is 41.6 Å². The lowest BCUT2D eigenvalue weighted by Gasteiger charge is -2.28. The van der Waals surface area contributed by atoms with Crippen molar-refractivity contribution in [2.75, 3.05) is 13.8 Å². The van der Waals surface area contributed by atoms with Gasteiger partial charge in [0.1, 0.15) is 0 Å². The number of ether oxygens (including phenoxy) is 1. The average molecular weight is 241 g/mol. The number of hydrogen-bond acceptors (Lipinski definition) is 5. The van der Waals surface area contributed by atoms with Gasteiger partial charge in [-0.3, -0.25) is 9.59 Å². The Morgan fingerprint density at radius 3 is 2.41 bits per heavy atom. The molecule has 0 aliphatic carbocycles. The predicted octanol–water partition coefficient (Wildman–Crippen LogP) is 0.0632. The normalized spacial score (nSPS) is 19.6. The molecule has 0 spiro atoms. The molecule has 0 aromatic rings. The first kappa shape index (κ1) is 13.3. The Bertz CT molecular complexity index is 346. The van der Waals surface area contributed by atoms with E-state index in [4.69, 9.17) is 10.5 Å². The maximum Gasteiger partial charge on any atom is 0.312 e. The fraction of sp³-hybridized carbons (Fsp3) is 0.636. The fourth-order valence-corrected chi connectivity index (χ4v) is 1.42. The van der Waals surface area contributed by atoms with Gasteiger partial charge in [-0.1, -0.05) is 0 Å². The lowest BCUT2D eigenvalue weighted by Crippen LogP contribution is -2.48. The van der Waals surface area contributed by atoms with Gasteiger partial charge < -0.3 is 20.3 Å². The van der Waals surface area contributed by atoms with E-state index >= 15 is 0 Å². The molecule has 0 saturated heterocycles. The topological polar surface area (TPSA) is 75.9 Å². The van der Waals surface area contributed by atoms with Crippen molar-refractivity contribution in [2.45, 2.75) is 26.9 Å². The number of hydrogen-bond donors (Lipinski definition) is 1. The number of carbonyl (C=O) groups excluding carboxylic acids is 2. The monoisotopic (exact) mass is 241 g/mol. The number of amides is 1. The molecule has 1 heterocycles. The second-order valence-electron chi connectivity index (χ2n) is 5.06. The third-order valence-electron chi connectivity index (χ3n) is 2.40. The van der Waals surface area contributed by atoms with E-state index in [1.807, 2.05) is 0 Å². The van der Waals surface area contributed by atoms with E-state index in [9.17, 15) is 9.59 Å². The van der Waals surface area contributed by atoms with E-state index in [1.54, 1.807) is 50.0 Å². The molecule has 0 aromatic heterocycles. The van der Waals surface area contributed by atoms with Crippen molar-refractivity contribution in [1.29, 1.82) is 0 Å². The molecule has 6 nitrogen and oxygen atoms in total. The van der Waals surface area contributed by atoms with Crippen molar-refractivity contribution in [1.82, 2.24) is 9.80 Å². The van der Waals surface area contributed by atoms with Crippen LogP contribution >= 0.6 is 0 Å². The maximum absolute atomic E-state index is 11.6. The fourth-order valence-electron chi connectivity index (χ4n) is 1.42. The summed E-state index contributed by atoms with van der Waals surface area (Å²) in [7, 11) is 1.73. The van der Waals surface area contributed by atoms with Gasteiger partial charge in [-0.05, 0) is 20.8 Å². The molecule has 1 aliphatic rings. The molecule has 1 aliphatic heterocycles. The van der Waals surface area contributed by atoms with Gasteiger partial charge in [-0.25, -0.2) is 0 Å². The molecule has 1 atom stereocenters. The van der Waals surface area contributed by atoms with E-state index < -0.39 is 17.5 Å². The zero-order valence-electron chi connectivity index (χ0n) is 10.6. The summed E-state index contributed by atoms with van der Waals surface area (Å²) >= 11 is 0. The van der Waals surface area contributed by atoms with Crippen LogP contribution < -0.4 is 5.73 Å². The van der Waals surface area contributed by atoms with E-state index in [2.05, 4.69) is 0 Å². The Balaban J connectivity index is 2.56. The minimum absolute atomic E-state index is 0.0184. The standard InChI is InChI=1S/C11H19N3O3/c1-11(2,3)10(16)17-7-14-6-5-13(4)9(14)8(12)15/h5-6,9H,7H2,1-4H3,(H2,12,15). The van der Waals surface area contributed by atoms with Crippen LogP contribution in [0.1, 0.15) is 20.8 Å². The zero-order valence-corrected chi connectivity index (χ0v) is 10.6. The van der Waals surface area contributed by atoms with Crippen LogP contribution in [0, 0.1) is 5.41 Å². The van der Waals surface area contributed by atoms with Crippen LogP contribution in [-0.2, 0) is 14.3 Å². The molecule has 0 aromatic carbocycles. The molecule has 0 saturated carbocycles. The van der Waals surface area contributed by atoms with Crippen LogP contribution in [0.5, 0.6) is 0 Å². The van der Waals surface area contributed by atoms with Crippen molar-refractivity contribution >= 4 is 11.9 Å². The van der Waals surface area contributed by atoms with Gasteiger partial charge in [0.2, 0.25) is 0 Å². The first-order chi connectivity index (χ1) is 7.73. The Hall–Kier alpha value is -1.72. The number of rotatable bonds is 3. The first-order valence-electron chi connectivity index (χ1n) is 5.36. The van der Waals surface area contributed by atoms with Crippen LogP contribution in [0.25, 0.3) is 0 Å². The highest BCUT2D eigenvalue weighted by molar-refractivity contribution is 5.80. The van der Waals surface area contributed by atoms with Crippen molar-refractivity contribution in [3.8, 4) is 0 Å². The van der Waals surface area contributed by atoms with Gasteiger partial charge in [-0.15, -0.1) is 0 Å². The molecule has 0 fully saturated rings. The van der Waals surface area contributed by atoms with Gasteiger partial charge in [-0.2, -0.15) is 0 Å². The number of likely N-dealkylation sites (N-methyl/N-ethyl adjacent to an activating group) is 1. The Labute approximate surface area is 101 Å². The Morgan fingerprint density at radius 2 is 1.94 bits per heavy atom. The predicted molar refractivity (Wildman–Crippen MR) is 62.1 cm³/mol. The van der Waals surface area contributed by atoms with Crippen molar-refractivity contribution in [3.63, 3.8) is 0 Å². The van der Waals surface area contributed by atoms with Crippen LogP contribution in [0.15, 0.2) is 12.4 Å². The Morgan fingerprint density at radius 1 is 1.35 bits per heavy atom. The molecule has 1 amide bonds. The van der Waals surface area contributed by atoms with Crippen molar-refractivity contribution < 1.29 is 14.3 Å². The van der Waals surface area contributed by atoms with E-state index in [0.717, 1.165) is 0 Å². The molecular formula is C11H19N3O3. The van der Waals surface area contributed by atoms with Crippen molar-refractivity contribution in [3.05, 3.63) is 12.4 Å². The molecule has 0 bridgehead atoms. The molecule has 0 radical (unpaired) electrons. The van der Waals surface area contributed by atoms with Crippen LogP contribution in [0.3, 0.4) is 0 Å². The van der Waals surface area contributed by atoms with Crippen molar-refractivity contribution in [2.24, 2.45) is 11.1 Å². The third kappa shape index (κ3) is 3.12. The van der Waals surface area contributed by atoms with Gasteiger partial charge in [0.25, 0.3) is 5.91 Å². The molecule has 2 N–H and O–H groups in total. The van der Waals surface area contributed by atoms with Gasteiger partial charge in [0.05, 0.1) is 5.41 Å². The number of primary amides is 1. The summed E-state index contributed by atoms with van der Waals surface area (Å²) in [6, 6.07) is 0. The summed E-state index contributed by atoms with van der Waals surface area (Å²) in [5.41, 5.74) is 4.71. The minimum Gasteiger partial charge on any atom is -0.444 e. The smallest absolute Gasteiger partial charge is 0.312 e. The summed E-state index contributed by atoms with van der Waals surface area (Å²) in [6.45, 7) is 5.33. The molecular weight excluding hydrogens is 222 g/mol. The lowest BCUT2D eigenvalue weighted by molar-refractivity contribution is -0.159. The lowest BCUT2D eigenvalue weighted by atomic mass is 9.98. The highest BCUT2D eigenvalue weighted by atomic mass is 16.5. The molecule has 1 unspecified atom stereocenters. The van der Waals surface area contributed by atoms with Gasteiger partial charge >= 0.3 is 5.97 Å². The summed E-state index contributed by atoms with van der Waals surface area (Å²) in [4.78, 5) is 26.0. The summed E-state index contributed by atoms with van der Waals surface area (Å²) < 4.78 is 5.12. The summed E-state index contributed by atoms with van der Waals surface area (Å²) in [5, 5.41) is 0. The zero-order chi connectivity index (χ0) is 13.2. The molecule has 17 heavy (non-hydrogen) atoms. The molecule has 96 valence electrons. The highest BCUT2D eigenvalue weighted by Gasteiger charge is 2.30. The van der Waals surface area contributed by atoms with Gasteiger partial charge in [0, 0.05) is 19.4 Å². The average Bonchev–Trinajstić information content (AvgIpc) is 2.54. The number of esters is 1. The highest BCUT2D eigenvalue weighted by Crippen LogP contribution is 2.17. The Kier molecular flexibility index (Phi) is 3.65. The van der Waals surface area contributed by atoms with Gasteiger partial charge in [0.15, 0.2) is 12.9 Å². The largest absolute Gasteiger partial charge is 0.444 e. The quantitative estimate of drug-likeness (QED) is 0.707. The van der Waals surface area contributed by atoms with E-state index in [0.29, 0.717) is 0 Å². The SMILES string of the molecule is CN1C=CN(COC(=O)C(C)(C)C)C1C(N)=O. The summed E-state index contributed by atoms with van der Waals surface area (Å²) in [6.07, 6.45) is 2.79. The van der Waals surface area contributed by atoms with E-state index in [1.165, 1.54) is 0 Å². The third-order valence-corrected chi connectivity index (χ3v) is 2.40. The van der Waals surface area contributed by atoms with E-state index in [-0.39, 0.29) is 12.7 Å². The molecule has 1 rings (SSSR count). The molecule has 6 heteroatoms.